The van der Waals surface area contributed by atoms with E-state index in [4.69, 9.17) is 4.74 Å². The number of aromatic nitrogens is 1. The lowest BCUT2D eigenvalue weighted by atomic mass is 9.86. The lowest BCUT2D eigenvalue weighted by molar-refractivity contribution is -0.146. The minimum absolute atomic E-state index is 0.229. The van der Waals surface area contributed by atoms with Crippen LogP contribution in [0.3, 0.4) is 0 Å². The number of nitrogens with zero attached hydrogens (tertiary/aromatic N) is 1. The number of hydrogen-bond acceptors (Lipinski definition) is 4. The van der Waals surface area contributed by atoms with Crippen LogP contribution in [0.1, 0.15) is 45.0 Å². The summed E-state index contributed by atoms with van der Waals surface area (Å²) in [6.45, 7) is 11.9. The molecule has 1 aromatic heterocycles. The van der Waals surface area contributed by atoms with Gasteiger partial charge >= 0.3 is 5.97 Å². The van der Waals surface area contributed by atoms with Crippen LogP contribution in [0.15, 0.2) is 85.6 Å². The zero-order chi connectivity index (χ0) is 24.7. The topological polar surface area (TPSA) is 68.3 Å². The molecule has 1 heterocycles. The van der Waals surface area contributed by atoms with Crippen LogP contribution in [-0.4, -0.2) is 26.5 Å². The van der Waals surface area contributed by atoms with Gasteiger partial charge in [-0.1, -0.05) is 67.2 Å². The molecule has 2 aromatic carbocycles. The Morgan fingerprint density at radius 3 is 2.18 bits per heavy atom. The molecule has 1 unspecified atom stereocenters. The minimum atomic E-state index is -1.45. The predicted molar refractivity (Wildman–Crippen MR) is 139 cm³/mol. The van der Waals surface area contributed by atoms with Gasteiger partial charge in [-0.15, -0.1) is 0 Å². The molecule has 0 bridgehead atoms. The Labute approximate surface area is 204 Å². The lowest BCUT2D eigenvalue weighted by Gasteiger charge is -2.30. The van der Waals surface area contributed by atoms with Gasteiger partial charge in [0.25, 0.3) is 0 Å². The minimum Gasteiger partial charge on any atom is -0.465 e. The summed E-state index contributed by atoms with van der Waals surface area (Å²) in [5, 5.41) is 0. The van der Waals surface area contributed by atoms with Crippen LogP contribution in [0.2, 0.25) is 0 Å². The van der Waals surface area contributed by atoms with E-state index >= 15 is 0 Å². The van der Waals surface area contributed by atoms with Gasteiger partial charge < -0.3 is 4.74 Å². The first-order valence-corrected chi connectivity index (χ1v) is 12.5. The van der Waals surface area contributed by atoms with E-state index in [9.17, 15) is 9.00 Å². The van der Waals surface area contributed by atoms with Gasteiger partial charge in [0.05, 0.1) is 34.1 Å². The Morgan fingerprint density at radius 2 is 1.62 bits per heavy atom. The van der Waals surface area contributed by atoms with Crippen LogP contribution in [0.25, 0.3) is 16.7 Å². The van der Waals surface area contributed by atoms with Crippen molar-refractivity contribution in [3.05, 3.63) is 96.8 Å². The largest absolute Gasteiger partial charge is 0.465 e. The second-order valence-corrected chi connectivity index (χ2v) is 10.9. The SMILES string of the molecule is C=C(c1ccc(-c2ccccc2)cc1)[C@H](C(=O)OCC)[C@H](NS(=O)C(C)(C)C)c1ccccn1. The molecule has 0 radical (unpaired) electrons. The Kier molecular flexibility index (Phi) is 8.53. The molecule has 0 aliphatic rings. The standard InChI is InChI=1S/C28H32N2O3S/c1-6-33-27(31)25(26(24-14-10-11-19-29-24)30-34(32)28(3,4)5)20(2)21-15-17-23(18-16-21)22-12-8-7-9-13-22/h7-19,25-26,30H,2,6H2,1,3-5H3/t25-,26+,34?/m0/s1. The van der Waals surface area contributed by atoms with E-state index in [0.29, 0.717) is 11.3 Å². The first-order chi connectivity index (χ1) is 16.2. The van der Waals surface area contributed by atoms with E-state index in [1.165, 1.54) is 0 Å². The Bertz CT molecular complexity index is 1120. The predicted octanol–water partition coefficient (Wildman–Crippen LogP) is 5.73. The quantitative estimate of drug-likeness (QED) is 0.400. The van der Waals surface area contributed by atoms with Gasteiger partial charge in [0.1, 0.15) is 5.92 Å². The van der Waals surface area contributed by atoms with E-state index in [1.807, 2.05) is 87.5 Å². The van der Waals surface area contributed by atoms with E-state index in [-0.39, 0.29) is 6.61 Å². The summed E-state index contributed by atoms with van der Waals surface area (Å²) < 4.78 is 21.1. The highest BCUT2D eigenvalue weighted by atomic mass is 32.2. The number of hydrogen-bond donors (Lipinski definition) is 1. The van der Waals surface area contributed by atoms with E-state index < -0.39 is 33.7 Å². The molecule has 0 fully saturated rings. The first-order valence-electron chi connectivity index (χ1n) is 11.3. The number of esters is 1. The van der Waals surface area contributed by atoms with E-state index in [1.54, 1.807) is 19.2 Å². The van der Waals surface area contributed by atoms with Crippen LogP contribution in [0, 0.1) is 5.92 Å². The molecule has 3 rings (SSSR count). The highest BCUT2D eigenvalue weighted by Gasteiger charge is 2.37. The monoisotopic (exact) mass is 476 g/mol. The third-order valence-electron chi connectivity index (χ3n) is 5.41. The first kappa shape index (κ1) is 25.5. The summed E-state index contributed by atoms with van der Waals surface area (Å²) in [5.74, 6) is -1.25. The number of pyridine rings is 1. The summed E-state index contributed by atoms with van der Waals surface area (Å²) in [6.07, 6.45) is 1.66. The van der Waals surface area contributed by atoms with Crippen LogP contribution in [-0.2, 0) is 20.5 Å². The Balaban J connectivity index is 2.01. The Hall–Kier alpha value is -3.09. The lowest BCUT2D eigenvalue weighted by Crippen LogP contribution is -2.41. The molecule has 34 heavy (non-hydrogen) atoms. The average molecular weight is 477 g/mol. The molecule has 0 aliphatic carbocycles. The number of rotatable bonds is 9. The zero-order valence-electron chi connectivity index (χ0n) is 20.2. The molecule has 3 atom stereocenters. The maximum atomic E-state index is 13.2. The molecule has 6 heteroatoms. The second kappa shape index (κ2) is 11.4. The molecule has 3 aromatic rings. The van der Waals surface area contributed by atoms with Gasteiger partial charge in [-0.2, -0.15) is 0 Å². The van der Waals surface area contributed by atoms with Gasteiger partial charge in [-0.3, -0.25) is 9.78 Å². The fourth-order valence-corrected chi connectivity index (χ4v) is 4.39. The fraction of sp³-hybridized carbons (Fsp3) is 0.286. The molecular weight excluding hydrogens is 444 g/mol. The van der Waals surface area contributed by atoms with Gasteiger partial charge in [-0.05, 0) is 62.1 Å². The summed E-state index contributed by atoms with van der Waals surface area (Å²) in [7, 11) is -1.45. The van der Waals surface area contributed by atoms with Crippen molar-refractivity contribution in [3.63, 3.8) is 0 Å². The number of ether oxygens (including phenoxy) is 1. The van der Waals surface area contributed by atoms with Crippen molar-refractivity contribution in [2.45, 2.75) is 38.5 Å². The normalized spacial score (nSPS) is 14.1. The van der Waals surface area contributed by atoms with Gasteiger partial charge in [0.2, 0.25) is 0 Å². The molecular formula is C28H32N2O3S. The van der Waals surface area contributed by atoms with Crippen molar-refractivity contribution in [3.8, 4) is 11.1 Å². The number of carbonyl (C=O) groups is 1. The molecule has 0 aliphatic heterocycles. The van der Waals surface area contributed by atoms with Crippen molar-refractivity contribution in [2.24, 2.45) is 5.92 Å². The summed E-state index contributed by atoms with van der Waals surface area (Å²) in [4.78, 5) is 17.7. The number of nitrogens with one attached hydrogen (secondary N) is 1. The summed E-state index contributed by atoms with van der Waals surface area (Å²) in [5.41, 5.74) is 4.16. The van der Waals surface area contributed by atoms with Gasteiger partial charge in [0.15, 0.2) is 0 Å². The van der Waals surface area contributed by atoms with E-state index in [0.717, 1.165) is 16.7 Å². The van der Waals surface area contributed by atoms with Crippen molar-refractivity contribution in [1.29, 1.82) is 0 Å². The average Bonchev–Trinajstić information content (AvgIpc) is 2.84. The highest BCUT2D eigenvalue weighted by Crippen LogP contribution is 2.35. The van der Waals surface area contributed by atoms with Crippen molar-refractivity contribution >= 4 is 22.5 Å². The second-order valence-electron chi connectivity index (χ2n) is 8.93. The summed E-state index contributed by atoms with van der Waals surface area (Å²) >= 11 is 0. The maximum absolute atomic E-state index is 13.2. The molecule has 0 saturated heterocycles. The van der Waals surface area contributed by atoms with E-state index in [2.05, 4.69) is 16.3 Å². The van der Waals surface area contributed by atoms with Crippen molar-refractivity contribution < 1.29 is 13.7 Å². The van der Waals surface area contributed by atoms with Crippen LogP contribution >= 0.6 is 0 Å². The molecule has 0 spiro atoms. The highest BCUT2D eigenvalue weighted by molar-refractivity contribution is 7.84. The van der Waals surface area contributed by atoms with Crippen molar-refractivity contribution in [2.75, 3.05) is 6.61 Å². The van der Waals surface area contributed by atoms with Crippen molar-refractivity contribution in [1.82, 2.24) is 9.71 Å². The van der Waals surface area contributed by atoms with Crippen LogP contribution in [0.4, 0.5) is 0 Å². The molecule has 5 nitrogen and oxygen atoms in total. The molecule has 0 saturated carbocycles. The van der Waals surface area contributed by atoms with Crippen LogP contribution < -0.4 is 4.72 Å². The maximum Gasteiger partial charge on any atom is 0.315 e. The van der Waals surface area contributed by atoms with Crippen LogP contribution in [0.5, 0.6) is 0 Å². The molecule has 178 valence electrons. The van der Waals surface area contributed by atoms with Gasteiger partial charge in [-0.25, -0.2) is 8.93 Å². The summed E-state index contributed by atoms with van der Waals surface area (Å²) in [6, 6.07) is 22.8. The smallest absolute Gasteiger partial charge is 0.315 e. The third kappa shape index (κ3) is 6.27. The zero-order valence-corrected chi connectivity index (χ0v) is 21.0. The van der Waals surface area contributed by atoms with Gasteiger partial charge in [0, 0.05) is 6.20 Å². The number of carbonyl (C=O) groups excluding carboxylic acids is 1. The number of benzene rings is 2. The molecule has 0 amide bonds. The third-order valence-corrected chi connectivity index (χ3v) is 6.99. The molecule has 1 N–H and O–H groups in total. The fourth-order valence-electron chi connectivity index (χ4n) is 3.55. The Morgan fingerprint density at radius 1 is 1.00 bits per heavy atom.